The molecule has 29 heavy (non-hydrogen) atoms. The van der Waals surface area contributed by atoms with E-state index in [1.165, 1.54) is 10.4 Å². The molecule has 1 aliphatic heterocycles. The minimum absolute atomic E-state index is 0.0655. The van der Waals surface area contributed by atoms with Crippen LogP contribution in [0.3, 0.4) is 0 Å². The molecule has 9 heteroatoms. The van der Waals surface area contributed by atoms with Crippen molar-refractivity contribution in [3.05, 3.63) is 58.1 Å². The van der Waals surface area contributed by atoms with Crippen molar-refractivity contribution in [2.45, 2.75) is 23.5 Å². The van der Waals surface area contributed by atoms with Gasteiger partial charge in [0, 0.05) is 33.9 Å². The summed E-state index contributed by atoms with van der Waals surface area (Å²) in [6.07, 6.45) is 2.93. The van der Waals surface area contributed by atoms with E-state index in [4.69, 9.17) is 23.2 Å². The fourth-order valence-electron chi connectivity index (χ4n) is 3.31. The number of rotatable bonds is 6. The van der Waals surface area contributed by atoms with E-state index < -0.39 is 10.0 Å². The predicted octanol–water partition coefficient (Wildman–Crippen LogP) is 4.90. The van der Waals surface area contributed by atoms with Gasteiger partial charge in [-0.25, -0.2) is 12.7 Å². The molecule has 0 bridgehead atoms. The minimum Gasteiger partial charge on any atom is -0.325 e. The lowest BCUT2D eigenvalue weighted by Crippen LogP contribution is -2.41. The summed E-state index contributed by atoms with van der Waals surface area (Å²) < 4.78 is 27.0. The van der Waals surface area contributed by atoms with E-state index in [0.29, 0.717) is 41.5 Å². The predicted molar refractivity (Wildman–Crippen MR) is 120 cm³/mol. The van der Waals surface area contributed by atoms with Crippen molar-refractivity contribution in [3.8, 4) is 0 Å². The Bertz CT molecular complexity index is 991. The van der Waals surface area contributed by atoms with Crippen LogP contribution in [0.2, 0.25) is 10.0 Å². The summed E-state index contributed by atoms with van der Waals surface area (Å²) in [5.74, 6) is -0.458. The average molecular weight is 473 g/mol. The van der Waals surface area contributed by atoms with Gasteiger partial charge >= 0.3 is 0 Å². The molecule has 0 spiro atoms. The third-order valence-electron chi connectivity index (χ3n) is 4.94. The van der Waals surface area contributed by atoms with Crippen LogP contribution >= 0.6 is 35.0 Å². The normalized spacial score (nSPS) is 16.0. The van der Waals surface area contributed by atoms with Crippen LogP contribution in [0.25, 0.3) is 0 Å². The number of nitrogens with zero attached hydrogens (tertiary/aromatic N) is 1. The van der Waals surface area contributed by atoms with Gasteiger partial charge < -0.3 is 5.32 Å². The molecule has 0 aliphatic carbocycles. The van der Waals surface area contributed by atoms with Crippen molar-refractivity contribution in [2.24, 2.45) is 5.92 Å². The largest absolute Gasteiger partial charge is 0.325 e. The van der Waals surface area contributed by atoms with Gasteiger partial charge in [-0.1, -0.05) is 41.4 Å². The first-order chi connectivity index (χ1) is 13.8. The van der Waals surface area contributed by atoms with Gasteiger partial charge in [0.1, 0.15) is 0 Å². The Kier molecular flexibility index (Phi) is 7.51. The maximum atomic E-state index is 12.8. The molecule has 1 aliphatic rings. The number of sulfonamides is 1. The van der Waals surface area contributed by atoms with E-state index in [-0.39, 0.29) is 17.6 Å². The Morgan fingerprint density at radius 2 is 1.86 bits per heavy atom. The summed E-state index contributed by atoms with van der Waals surface area (Å²) >= 11 is 13.6. The molecule has 2 aromatic rings. The highest BCUT2D eigenvalue weighted by Gasteiger charge is 2.31. The SMILES string of the molecule is CSc1ccccc1NC(=O)C1CCN(S(=O)(=O)Cc2ccc(Cl)cc2Cl)CC1. The topological polar surface area (TPSA) is 66.5 Å². The van der Waals surface area contributed by atoms with E-state index >= 15 is 0 Å². The monoisotopic (exact) mass is 472 g/mol. The molecule has 3 rings (SSSR count). The maximum absolute atomic E-state index is 12.8. The van der Waals surface area contributed by atoms with Gasteiger partial charge in [0.25, 0.3) is 0 Å². The maximum Gasteiger partial charge on any atom is 0.227 e. The van der Waals surface area contributed by atoms with Crippen LogP contribution in [-0.4, -0.2) is 38.0 Å². The summed E-state index contributed by atoms with van der Waals surface area (Å²) in [6.45, 7) is 0.631. The van der Waals surface area contributed by atoms with Gasteiger partial charge in [-0.05, 0) is 48.9 Å². The highest BCUT2D eigenvalue weighted by Crippen LogP contribution is 2.28. The molecule has 0 aromatic heterocycles. The molecule has 1 saturated heterocycles. The number of anilines is 1. The fourth-order valence-corrected chi connectivity index (χ4v) is 6.01. The molecular weight excluding hydrogens is 451 g/mol. The van der Waals surface area contributed by atoms with E-state index in [0.717, 1.165) is 10.6 Å². The molecule has 0 saturated carbocycles. The Balaban J connectivity index is 1.60. The number of hydrogen-bond acceptors (Lipinski definition) is 4. The molecule has 1 N–H and O–H groups in total. The molecule has 0 unspecified atom stereocenters. The summed E-state index contributed by atoms with van der Waals surface area (Å²) in [5.41, 5.74) is 1.31. The molecule has 156 valence electrons. The number of halogens is 2. The Hall–Kier alpha value is -1.25. The first-order valence-corrected chi connectivity index (χ1v) is 12.7. The number of carbonyl (C=O) groups is 1. The standard InChI is InChI=1S/C20H22Cl2N2O3S2/c1-28-19-5-3-2-4-18(19)23-20(25)14-8-10-24(11-9-14)29(26,27)13-15-6-7-16(21)12-17(15)22/h2-7,12,14H,8-11,13H2,1H3,(H,23,25). The number of piperidine rings is 1. The van der Waals surface area contributed by atoms with Crippen LogP contribution in [-0.2, 0) is 20.6 Å². The molecule has 1 fully saturated rings. The highest BCUT2D eigenvalue weighted by atomic mass is 35.5. The fraction of sp³-hybridized carbons (Fsp3) is 0.350. The van der Waals surface area contributed by atoms with Crippen molar-refractivity contribution >= 4 is 56.6 Å². The number of amides is 1. The second-order valence-corrected chi connectivity index (χ2v) is 10.5. The summed E-state index contributed by atoms with van der Waals surface area (Å²) in [4.78, 5) is 13.6. The lowest BCUT2D eigenvalue weighted by molar-refractivity contribution is -0.120. The number of nitrogens with one attached hydrogen (secondary N) is 1. The molecular formula is C20H22Cl2N2O3S2. The van der Waals surface area contributed by atoms with Crippen molar-refractivity contribution in [3.63, 3.8) is 0 Å². The smallest absolute Gasteiger partial charge is 0.227 e. The lowest BCUT2D eigenvalue weighted by Gasteiger charge is -2.30. The highest BCUT2D eigenvalue weighted by molar-refractivity contribution is 7.98. The Morgan fingerprint density at radius 3 is 2.52 bits per heavy atom. The van der Waals surface area contributed by atoms with Gasteiger partial charge in [0.05, 0.1) is 11.4 Å². The molecule has 0 atom stereocenters. The van der Waals surface area contributed by atoms with E-state index in [2.05, 4.69) is 5.32 Å². The summed E-state index contributed by atoms with van der Waals surface area (Å²) in [6, 6.07) is 12.4. The average Bonchev–Trinajstić information content (AvgIpc) is 2.70. The van der Waals surface area contributed by atoms with E-state index in [1.807, 2.05) is 30.5 Å². The van der Waals surface area contributed by atoms with Gasteiger partial charge in [0.2, 0.25) is 15.9 Å². The Labute approximate surface area is 185 Å². The Morgan fingerprint density at radius 1 is 1.17 bits per heavy atom. The van der Waals surface area contributed by atoms with Gasteiger partial charge in [-0.3, -0.25) is 4.79 Å². The van der Waals surface area contributed by atoms with Crippen LogP contribution in [0.1, 0.15) is 18.4 Å². The van der Waals surface area contributed by atoms with Crippen LogP contribution in [0.5, 0.6) is 0 Å². The van der Waals surface area contributed by atoms with Crippen molar-refractivity contribution < 1.29 is 13.2 Å². The lowest BCUT2D eigenvalue weighted by atomic mass is 9.97. The van der Waals surface area contributed by atoms with Crippen molar-refractivity contribution in [1.29, 1.82) is 0 Å². The molecule has 1 amide bonds. The second kappa shape index (κ2) is 9.71. The van der Waals surface area contributed by atoms with E-state index in [9.17, 15) is 13.2 Å². The first kappa shape index (κ1) is 22.4. The number of hydrogen-bond donors (Lipinski definition) is 1. The van der Waals surface area contributed by atoms with Gasteiger partial charge in [0.15, 0.2) is 0 Å². The van der Waals surface area contributed by atoms with Gasteiger partial charge in [-0.15, -0.1) is 11.8 Å². The van der Waals surface area contributed by atoms with E-state index in [1.54, 1.807) is 23.9 Å². The van der Waals surface area contributed by atoms with Crippen LogP contribution in [0.15, 0.2) is 47.4 Å². The second-order valence-electron chi connectivity index (χ2n) is 6.85. The zero-order valence-electron chi connectivity index (χ0n) is 15.9. The number of thioether (sulfide) groups is 1. The third-order valence-corrected chi connectivity index (χ3v) is 8.15. The number of para-hydroxylation sites is 1. The molecule has 0 radical (unpaired) electrons. The first-order valence-electron chi connectivity index (χ1n) is 9.16. The third kappa shape index (κ3) is 5.67. The molecule has 2 aromatic carbocycles. The summed E-state index contributed by atoms with van der Waals surface area (Å²) in [7, 11) is -3.52. The van der Waals surface area contributed by atoms with Crippen LogP contribution in [0.4, 0.5) is 5.69 Å². The number of benzene rings is 2. The zero-order chi connectivity index (χ0) is 21.0. The van der Waals surface area contributed by atoms with Crippen LogP contribution < -0.4 is 5.32 Å². The molecule has 1 heterocycles. The van der Waals surface area contributed by atoms with Gasteiger partial charge in [-0.2, -0.15) is 0 Å². The van der Waals surface area contributed by atoms with Crippen molar-refractivity contribution in [1.82, 2.24) is 4.31 Å². The summed E-state index contributed by atoms with van der Waals surface area (Å²) in [5, 5.41) is 3.78. The van der Waals surface area contributed by atoms with Crippen LogP contribution in [0, 0.1) is 5.92 Å². The molecule has 5 nitrogen and oxygen atoms in total. The number of carbonyl (C=O) groups excluding carboxylic acids is 1. The van der Waals surface area contributed by atoms with Crippen molar-refractivity contribution in [2.75, 3.05) is 24.7 Å². The zero-order valence-corrected chi connectivity index (χ0v) is 19.0. The minimum atomic E-state index is -3.52. The quantitative estimate of drug-likeness (QED) is 0.607.